The van der Waals surface area contributed by atoms with Crippen LogP contribution in [0.4, 0.5) is 0 Å². The number of likely N-dealkylation sites (tertiary alicyclic amines) is 1. The molecule has 0 bridgehead atoms. The molecule has 9 nitrogen and oxygen atoms in total. The minimum Gasteiger partial charge on any atom is -0.352 e. The highest BCUT2D eigenvalue weighted by molar-refractivity contribution is 5.93. The molecule has 1 saturated heterocycles. The number of imidazole rings is 1. The van der Waals surface area contributed by atoms with E-state index < -0.39 is 6.04 Å². The van der Waals surface area contributed by atoms with E-state index >= 15 is 0 Å². The Labute approximate surface area is 229 Å². The number of rotatable bonds is 13. The summed E-state index contributed by atoms with van der Waals surface area (Å²) in [5.41, 5.74) is 0.575. The second-order valence-corrected chi connectivity index (χ2v) is 11.5. The van der Waals surface area contributed by atoms with Gasteiger partial charge in [-0.05, 0) is 58.4 Å². The van der Waals surface area contributed by atoms with Crippen LogP contribution >= 0.6 is 0 Å². The quantitative estimate of drug-likeness (QED) is 0.301. The van der Waals surface area contributed by atoms with E-state index in [1.807, 2.05) is 44.5 Å². The van der Waals surface area contributed by atoms with Gasteiger partial charge in [0, 0.05) is 44.1 Å². The van der Waals surface area contributed by atoms with Gasteiger partial charge >= 0.3 is 0 Å². The van der Waals surface area contributed by atoms with Crippen molar-refractivity contribution in [2.45, 2.75) is 105 Å². The Bertz CT molecular complexity index is 925. The number of nitrogens with zero attached hydrogens (tertiary/aromatic N) is 4. The maximum Gasteiger partial charge on any atom is 0.246 e. The summed E-state index contributed by atoms with van der Waals surface area (Å²) in [4.78, 5) is 47.7. The number of piperidine rings is 1. The molecular formula is C29H50N6O3. The fraction of sp³-hybridized carbons (Fsp3) is 0.724. The van der Waals surface area contributed by atoms with E-state index in [0.29, 0.717) is 12.1 Å². The van der Waals surface area contributed by atoms with Crippen LogP contribution in [0.1, 0.15) is 74.1 Å². The molecule has 3 amide bonds. The summed E-state index contributed by atoms with van der Waals surface area (Å²) in [6, 6.07) is -0.837. The Morgan fingerprint density at radius 1 is 1.11 bits per heavy atom. The highest BCUT2D eigenvalue weighted by Crippen LogP contribution is 2.21. The zero-order chi connectivity index (χ0) is 28.4. The van der Waals surface area contributed by atoms with Gasteiger partial charge in [0.15, 0.2) is 0 Å². The number of amides is 3. The van der Waals surface area contributed by atoms with Gasteiger partial charge in [0.1, 0.15) is 6.04 Å². The molecule has 2 rings (SSSR count). The fourth-order valence-corrected chi connectivity index (χ4v) is 5.09. The van der Waals surface area contributed by atoms with Crippen LogP contribution in [-0.4, -0.2) is 81.4 Å². The largest absolute Gasteiger partial charge is 0.352 e. The molecule has 1 aliphatic heterocycles. The zero-order valence-electron chi connectivity index (χ0n) is 24.7. The molecule has 214 valence electrons. The molecule has 1 fully saturated rings. The molecule has 3 atom stereocenters. The molecule has 0 aliphatic carbocycles. The van der Waals surface area contributed by atoms with Crippen LogP contribution in [0.5, 0.6) is 0 Å². The Hall–Kier alpha value is -2.68. The van der Waals surface area contributed by atoms with Gasteiger partial charge in [0.05, 0.1) is 18.4 Å². The molecule has 2 N–H and O–H groups in total. The molecule has 1 aromatic heterocycles. The first-order chi connectivity index (χ1) is 17.9. The van der Waals surface area contributed by atoms with Gasteiger partial charge in [-0.3, -0.25) is 19.3 Å². The summed E-state index contributed by atoms with van der Waals surface area (Å²) in [7, 11) is 1.77. The second-order valence-electron chi connectivity index (χ2n) is 11.5. The van der Waals surface area contributed by atoms with Crippen LogP contribution < -0.4 is 10.6 Å². The Kier molecular flexibility index (Phi) is 12.5. The Morgan fingerprint density at radius 2 is 1.82 bits per heavy atom. The molecule has 9 heteroatoms. The molecule has 0 spiro atoms. The smallest absolute Gasteiger partial charge is 0.246 e. The molecular weight excluding hydrogens is 480 g/mol. The number of aryl methyl sites for hydroxylation is 1. The van der Waals surface area contributed by atoms with E-state index in [1.165, 1.54) is 0 Å². The molecule has 0 aromatic carbocycles. The van der Waals surface area contributed by atoms with E-state index in [1.54, 1.807) is 31.4 Å². The lowest BCUT2D eigenvalue weighted by atomic mass is 9.95. The molecule has 1 unspecified atom stereocenters. The Balaban J connectivity index is 2.05. The standard InChI is InChI=1S/C29H50N6O3/c1-20(2)25(18-23(7)27(36)31-13-11-15-34-17-14-30-19-34)33(8)29(38)26(21(3)4)32-28(37)24-12-9-10-16-35(24)22(5)6/h14,17-22,24-26H,9-13,15-16H2,1-8H3,(H,31,36)(H,32,37)/b23-18+/t24?,25-,26+/m1/s1. The highest BCUT2D eigenvalue weighted by atomic mass is 16.2. The first-order valence-corrected chi connectivity index (χ1v) is 14.2. The number of likely N-dealkylation sites (N-methyl/N-ethyl adjacent to an activating group) is 1. The van der Waals surface area contributed by atoms with Gasteiger partial charge in [0.25, 0.3) is 0 Å². The lowest BCUT2D eigenvalue weighted by Gasteiger charge is -2.39. The van der Waals surface area contributed by atoms with Gasteiger partial charge < -0.3 is 20.1 Å². The summed E-state index contributed by atoms with van der Waals surface area (Å²) < 4.78 is 1.97. The van der Waals surface area contributed by atoms with E-state index in [9.17, 15) is 14.4 Å². The van der Waals surface area contributed by atoms with Gasteiger partial charge in [0.2, 0.25) is 17.7 Å². The van der Waals surface area contributed by atoms with Crippen molar-refractivity contribution in [1.82, 2.24) is 30.0 Å². The third-order valence-electron chi connectivity index (χ3n) is 7.44. The molecule has 0 radical (unpaired) electrons. The first-order valence-electron chi connectivity index (χ1n) is 14.2. The van der Waals surface area contributed by atoms with Crippen LogP contribution in [-0.2, 0) is 20.9 Å². The minimum absolute atomic E-state index is 0.0678. The maximum atomic E-state index is 13.7. The SMILES string of the molecule is C/C(=C\[C@H](C(C)C)N(C)C(=O)[C@@H](NC(=O)C1CCCCN1C(C)C)C(C)C)C(=O)NCCCn1ccnc1. The second kappa shape index (κ2) is 15.0. The van der Waals surface area contributed by atoms with E-state index in [2.05, 4.69) is 34.4 Å². The number of carbonyl (C=O) groups is 3. The van der Waals surface area contributed by atoms with E-state index in [0.717, 1.165) is 38.8 Å². The van der Waals surface area contributed by atoms with E-state index in [-0.39, 0.29) is 47.7 Å². The van der Waals surface area contributed by atoms with Crippen LogP contribution in [0.15, 0.2) is 30.4 Å². The van der Waals surface area contributed by atoms with Gasteiger partial charge in [-0.1, -0.05) is 40.2 Å². The first kappa shape index (κ1) is 31.5. The van der Waals surface area contributed by atoms with Crippen LogP contribution in [0.2, 0.25) is 0 Å². The number of aromatic nitrogens is 2. The van der Waals surface area contributed by atoms with Crippen LogP contribution in [0.25, 0.3) is 0 Å². The monoisotopic (exact) mass is 530 g/mol. The summed E-state index contributed by atoms with van der Waals surface area (Å²) in [6.07, 6.45) is 11.0. The van der Waals surface area contributed by atoms with Crippen molar-refractivity contribution in [3.63, 3.8) is 0 Å². The predicted octanol–water partition coefficient (Wildman–Crippen LogP) is 3.22. The normalized spacial score (nSPS) is 18.5. The maximum absolute atomic E-state index is 13.7. The minimum atomic E-state index is -0.629. The fourth-order valence-electron chi connectivity index (χ4n) is 5.09. The topological polar surface area (TPSA) is 99.6 Å². The van der Waals surface area contributed by atoms with Crippen molar-refractivity contribution in [3.05, 3.63) is 30.4 Å². The summed E-state index contributed by atoms with van der Waals surface area (Å²) >= 11 is 0. The van der Waals surface area contributed by atoms with Gasteiger partial charge in [-0.2, -0.15) is 0 Å². The van der Waals surface area contributed by atoms with Crippen LogP contribution in [0, 0.1) is 11.8 Å². The molecule has 1 aromatic rings. The van der Waals surface area contributed by atoms with Gasteiger partial charge in [-0.15, -0.1) is 0 Å². The Morgan fingerprint density at radius 3 is 2.39 bits per heavy atom. The molecule has 1 aliphatic rings. The molecule has 38 heavy (non-hydrogen) atoms. The number of hydrogen-bond acceptors (Lipinski definition) is 5. The summed E-state index contributed by atoms with van der Waals surface area (Å²) in [5.74, 6) is -0.319. The number of hydrogen-bond donors (Lipinski definition) is 2. The van der Waals surface area contributed by atoms with Crippen molar-refractivity contribution >= 4 is 17.7 Å². The third-order valence-corrected chi connectivity index (χ3v) is 7.44. The highest BCUT2D eigenvalue weighted by Gasteiger charge is 2.36. The van der Waals surface area contributed by atoms with Crippen molar-refractivity contribution in [1.29, 1.82) is 0 Å². The number of nitrogens with one attached hydrogen (secondary N) is 2. The summed E-state index contributed by atoms with van der Waals surface area (Å²) in [5, 5.41) is 6.06. The predicted molar refractivity (Wildman–Crippen MR) is 151 cm³/mol. The number of carbonyl (C=O) groups excluding carboxylic acids is 3. The van der Waals surface area contributed by atoms with Gasteiger partial charge in [-0.25, -0.2) is 4.98 Å². The zero-order valence-corrected chi connectivity index (χ0v) is 24.7. The lowest BCUT2D eigenvalue weighted by Crippen LogP contribution is -2.58. The molecule has 0 saturated carbocycles. The van der Waals surface area contributed by atoms with Crippen molar-refractivity contribution in [3.8, 4) is 0 Å². The van der Waals surface area contributed by atoms with Crippen molar-refractivity contribution < 1.29 is 14.4 Å². The van der Waals surface area contributed by atoms with Crippen LogP contribution in [0.3, 0.4) is 0 Å². The average molecular weight is 531 g/mol. The van der Waals surface area contributed by atoms with Crippen molar-refractivity contribution in [2.24, 2.45) is 11.8 Å². The van der Waals surface area contributed by atoms with E-state index in [4.69, 9.17) is 0 Å². The average Bonchev–Trinajstić information content (AvgIpc) is 3.40. The lowest BCUT2D eigenvalue weighted by molar-refractivity contribution is -0.140. The molecule has 2 heterocycles. The van der Waals surface area contributed by atoms with Crippen molar-refractivity contribution in [2.75, 3.05) is 20.1 Å². The third kappa shape index (κ3) is 8.96. The summed E-state index contributed by atoms with van der Waals surface area (Å²) in [6.45, 7) is 16.2.